The molecule has 0 spiro atoms. The van der Waals surface area contributed by atoms with Crippen LogP contribution in [0, 0.1) is 5.82 Å². The second-order valence-electron chi connectivity index (χ2n) is 4.21. The fourth-order valence-electron chi connectivity index (χ4n) is 2.21. The van der Waals surface area contributed by atoms with Gasteiger partial charge in [0.15, 0.2) is 0 Å². The SMILES string of the molecule is O=C(O)c1cccc2c1ccn2-c1cccc(F)c1. The summed E-state index contributed by atoms with van der Waals surface area (Å²) in [4.78, 5) is 11.1. The molecule has 3 rings (SSSR count). The Bertz CT molecular complexity index is 777. The molecule has 3 aromatic rings. The van der Waals surface area contributed by atoms with E-state index in [-0.39, 0.29) is 11.4 Å². The molecule has 0 amide bonds. The van der Waals surface area contributed by atoms with Gasteiger partial charge in [0.25, 0.3) is 0 Å². The summed E-state index contributed by atoms with van der Waals surface area (Å²) < 4.78 is 15.0. The highest BCUT2D eigenvalue weighted by Gasteiger charge is 2.11. The van der Waals surface area contributed by atoms with E-state index in [0.717, 1.165) is 5.52 Å². The zero-order valence-corrected chi connectivity index (χ0v) is 9.88. The molecule has 0 aliphatic rings. The van der Waals surface area contributed by atoms with Gasteiger partial charge in [-0.1, -0.05) is 12.1 Å². The van der Waals surface area contributed by atoms with Crippen molar-refractivity contribution in [2.45, 2.75) is 0 Å². The maximum absolute atomic E-state index is 13.3. The minimum Gasteiger partial charge on any atom is -0.478 e. The molecule has 4 heteroatoms. The van der Waals surface area contributed by atoms with Crippen LogP contribution in [-0.2, 0) is 0 Å². The molecule has 0 unspecified atom stereocenters. The number of hydrogen-bond donors (Lipinski definition) is 1. The number of halogens is 1. The van der Waals surface area contributed by atoms with Gasteiger partial charge in [-0.05, 0) is 36.4 Å². The summed E-state index contributed by atoms with van der Waals surface area (Å²) in [7, 11) is 0. The molecular formula is C15H10FNO2. The second-order valence-corrected chi connectivity index (χ2v) is 4.21. The zero-order valence-electron chi connectivity index (χ0n) is 9.88. The highest BCUT2D eigenvalue weighted by Crippen LogP contribution is 2.24. The van der Waals surface area contributed by atoms with E-state index in [4.69, 9.17) is 5.11 Å². The number of aromatic nitrogens is 1. The molecule has 0 bridgehead atoms. The highest BCUT2D eigenvalue weighted by molar-refractivity contribution is 6.03. The molecule has 0 saturated heterocycles. The number of fused-ring (bicyclic) bond motifs is 1. The number of carboxylic acid groups (broad SMARTS) is 1. The van der Waals surface area contributed by atoms with Crippen molar-refractivity contribution in [3.63, 3.8) is 0 Å². The van der Waals surface area contributed by atoms with E-state index in [0.29, 0.717) is 11.1 Å². The summed E-state index contributed by atoms with van der Waals surface area (Å²) >= 11 is 0. The van der Waals surface area contributed by atoms with E-state index in [9.17, 15) is 9.18 Å². The van der Waals surface area contributed by atoms with Crippen LogP contribution < -0.4 is 0 Å². The summed E-state index contributed by atoms with van der Waals surface area (Å²) in [5, 5.41) is 9.78. The Morgan fingerprint density at radius 2 is 1.89 bits per heavy atom. The van der Waals surface area contributed by atoms with E-state index in [1.807, 2.05) is 6.07 Å². The van der Waals surface area contributed by atoms with Crippen LogP contribution in [0.5, 0.6) is 0 Å². The molecule has 0 fully saturated rings. The molecule has 1 heterocycles. The normalized spacial score (nSPS) is 10.8. The summed E-state index contributed by atoms with van der Waals surface area (Å²) in [6.45, 7) is 0. The van der Waals surface area contributed by atoms with E-state index in [1.54, 1.807) is 41.1 Å². The maximum atomic E-state index is 13.3. The maximum Gasteiger partial charge on any atom is 0.336 e. The van der Waals surface area contributed by atoms with Gasteiger partial charge in [0.05, 0.1) is 11.1 Å². The van der Waals surface area contributed by atoms with Crippen molar-refractivity contribution in [1.29, 1.82) is 0 Å². The molecule has 1 aromatic heterocycles. The lowest BCUT2D eigenvalue weighted by atomic mass is 10.1. The quantitative estimate of drug-likeness (QED) is 0.761. The van der Waals surface area contributed by atoms with Crippen LogP contribution in [-0.4, -0.2) is 15.6 Å². The molecule has 3 nitrogen and oxygen atoms in total. The largest absolute Gasteiger partial charge is 0.478 e. The van der Waals surface area contributed by atoms with Crippen molar-refractivity contribution in [3.8, 4) is 5.69 Å². The Kier molecular flexibility index (Phi) is 2.56. The molecule has 0 aliphatic heterocycles. The summed E-state index contributed by atoms with van der Waals surface area (Å²) in [5.41, 5.74) is 1.65. The van der Waals surface area contributed by atoms with Crippen LogP contribution in [0.4, 0.5) is 4.39 Å². The van der Waals surface area contributed by atoms with Gasteiger partial charge in [0.2, 0.25) is 0 Å². The van der Waals surface area contributed by atoms with Crippen LogP contribution >= 0.6 is 0 Å². The lowest BCUT2D eigenvalue weighted by Gasteiger charge is -2.06. The average molecular weight is 255 g/mol. The Balaban J connectivity index is 2.27. The lowest BCUT2D eigenvalue weighted by Crippen LogP contribution is -1.97. The standard InChI is InChI=1S/C15H10FNO2/c16-10-3-1-4-11(9-10)17-8-7-12-13(15(18)19)5-2-6-14(12)17/h1-9H,(H,18,19). The van der Waals surface area contributed by atoms with Gasteiger partial charge in [-0.3, -0.25) is 0 Å². The van der Waals surface area contributed by atoms with Crippen molar-refractivity contribution >= 4 is 16.9 Å². The average Bonchev–Trinajstić information content (AvgIpc) is 2.82. The van der Waals surface area contributed by atoms with Gasteiger partial charge in [0, 0.05) is 17.3 Å². The van der Waals surface area contributed by atoms with Gasteiger partial charge in [-0.2, -0.15) is 0 Å². The van der Waals surface area contributed by atoms with Gasteiger partial charge in [-0.25, -0.2) is 9.18 Å². The van der Waals surface area contributed by atoms with Crippen molar-refractivity contribution < 1.29 is 14.3 Å². The number of nitrogens with zero attached hydrogens (tertiary/aromatic N) is 1. The Hall–Kier alpha value is -2.62. The number of carboxylic acids is 1. The predicted molar refractivity (Wildman–Crippen MR) is 70.2 cm³/mol. The Morgan fingerprint density at radius 1 is 1.11 bits per heavy atom. The molecule has 0 radical (unpaired) electrons. The number of hydrogen-bond acceptors (Lipinski definition) is 1. The van der Waals surface area contributed by atoms with Crippen molar-refractivity contribution in [2.75, 3.05) is 0 Å². The smallest absolute Gasteiger partial charge is 0.336 e. The second kappa shape index (κ2) is 4.24. The first-order valence-electron chi connectivity index (χ1n) is 5.76. The molecule has 0 aliphatic carbocycles. The van der Waals surface area contributed by atoms with Crippen molar-refractivity contribution in [2.24, 2.45) is 0 Å². The van der Waals surface area contributed by atoms with Crippen LogP contribution in [0.1, 0.15) is 10.4 Å². The first-order valence-corrected chi connectivity index (χ1v) is 5.76. The molecule has 2 aromatic carbocycles. The number of rotatable bonds is 2. The third kappa shape index (κ3) is 1.87. The molecule has 19 heavy (non-hydrogen) atoms. The van der Waals surface area contributed by atoms with E-state index in [2.05, 4.69) is 0 Å². The van der Waals surface area contributed by atoms with E-state index < -0.39 is 5.97 Å². The molecule has 0 atom stereocenters. The van der Waals surface area contributed by atoms with E-state index >= 15 is 0 Å². The van der Waals surface area contributed by atoms with Gasteiger partial charge < -0.3 is 9.67 Å². The fraction of sp³-hybridized carbons (Fsp3) is 0. The minimum absolute atomic E-state index is 0.243. The van der Waals surface area contributed by atoms with Crippen LogP contribution in [0.15, 0.2) is 54.7 Å². The summed E-state index contributed by atoms with van der Waals surface area (Å²) in [5.74, 6) is -1.30. The first kappa shape index (κ1) is 11.5. The topological polar surface area (TPSA) is 42.2 Å². The zero-order chi connectivity index (χ0) is 13.4. The third-order valence-corrected chi connectivity index (χ3v) is 3.05. The van der Waals surface area contributed by atoms with Gasteiger partial charge >= 0.3 is 5.97 Å². The Labute approximate surface area is 108 Å². The van der Waals surface area contributed by atoms with Gasteiger partial charge in [0.1, 0.15) is 5.82 Å². The van der Waals surface area contributed by atoms with Gasteiger partial charge in [-0.15, -0.1) is 0 Å². The minimum atomic E-state index is -0.970. The molecule has 94 valence electrons. The molecular weight excluding hydrogens is 245 g/mol. The molecule has 0 saturated carbocycles. The number of benzene rings is 2. The van der Waals surface area contributed by atoms with Crippen molar-refractivity contribution in [3.05, 3.63) is 66.1 Å². The summed E-state index contributed by atoms with van der Waals surface area (Å²) in [6.07, 6.45) is 1.74. The lowest BCUT2D eigenvalue weighted by molar-refractivity contribution is 0.0699. The number of carbonyl (C=O) groups is 1. The van der Waals surface area contributed by atoms with Crippen LogP contribution in [0.2, 0.25) is 0 Å². The Morgan fingerprint density at radius 3 is 2.63 bits per heavy atom. The fourth-order valence-corrected chi connectivity index (χ4v) is 2.21. The highest BCUT2D eigenvalue weighted by atomic mass is 19.1. The third-order valence-electron chi connectivity index (χ3n) is 3.05. The molecule has 1 N–H and O–H groups in total. The van der Waals surface area contributed by atoms with Crippen LogP contribution in [0.3, 0.4) is 0 Å². The summed E-state index contributed by atoms with van der Waals surface area (Å²) in [6, 6.07) is 13.0. The van der Waals surface area contributed by atoms with Crippen molar-refractivity contribution in [1.82, 2.24) is 4.57 Å². The number of aromatic carboxylic acids is 1. The van der Waals surface area contributed by atoms with Crippen LogP contribution in [0.25, 0.3) is 16.6 Å². The predicted octanol–water partition coefficient (Wildman–Crippen LogP) is 3.47. The first-order chi connectivity index (χ1) is 9.16. The van der Waals surface area contributed by atoms with E-state index in [1.165, 1.54) is 12.1 Å². The monoisotopic (exact) mass is 255 g/mol.